The molecule has 0 spiro atoms. The van der Waals surface area contributed by atoms with Crippen LogP contribution in [0.15, 0.2) is 48.7 Å². The summed E-state index contributed by atoms with van der Waals surface area (Å²) < 4.78 is 6.70. The molecule has 3 N–H and O–H groups in total. The lowest BCUT2D eigenvalue weighted by Crippen LogP contribution is -2.49. The number of carbonyl (C=O) groups excluding carboxylic acids is 2. The lowest BCUT2D eigenvalue weighted by Gasteiger charge is -2.20. The van der Waals surface area contributed by atoms with Crippen LogP contribution in [-0.2, 0) is 11.3 Å². The second-order valence-corrected chi connectivity index (χ2v) is 6.97. The molecule has 7 nitrogen and oxygen atoms in total. The second kappa shape index (κ2) is 6.91. The van der Waals surface area contributed by atoms with Gasteiger partial charge in [0.1, 0.15) is 5.75 Å². The van der Waals surface area contributed by atoms with Gasteiger partial charge in [0.25, 0.3) is 5.91 Å². The highest BCUT2D eigenvalue weighted by Crippen LogP contribution is 2.31. The van der Waals surface area contributed by atoms with Gasteiger partial charge in [0.05, 0.1) is 13.7 Å². The van der Waals surface area contributed by atoms with Gasteiger partial charge in [-0.1, -0.05) is 24.0 Å². The first-order valence-corrected chi connectivity index (χ1v) is 8.99. The summed E-state index contributed by atoms with van der Waals surface area (Å²) in [5, 5.41) is 16.9. The summed E-state index contributed by atoms with van der Waals surface area (Å²) in [5.41, 5.74) is 0.260. The maximum absolute atomic E-state index is 12.6. The second-order valence-electron chi connectivity index (χ2n) is 6.97. The van der Waals surface area contributed by atoms with Gasteiger partial charge in [-0.05, 0) is 42.8 Å². The highest BCUT2D eigenvalue weighted by Gasteiger charge is 2.46. The zero-order valence-electron chi connectivity index (χ0n) is 15.9. The van der Waals surface area contributed by atoms with Crippen molar-refractivity contribution in [2.24, 2.45) is 0 Å². The van der Waals surface area contributed by atoms with E-state index in [1.807, 2.05) is 37.3 Å². The predicted octanol–water partition coefficient (Wildman–Crippen LogP) is 2.29. The Balaban J connectivity index is 1.76. The molecule has 1 atom stereocenters. The van der Waals surface area contributed by atoms with Crippen LogP contribution in [0.5, 0.6) is 11.6 Å². The molecule has 3 amide bonds. The monoisotopic (exact) mass is 389 g/mol. The highest BCUT2D eigenvalue weighted by atomic mass is 16.5. The first-order chi connectivity index (χ1) is 13.9. The minimum atomic E-state index is -1.50. The van der Waals surface area contributed by atoms with Crippen LogP contribution in [-0.4, -0.2) is 34.3 Å². The lowest BCUT2D eigenvalue weighted by atomic mass is 9.99. The number of fused-ring (bicyclic) bond motifs is 1. The zero-order valence-corrected chi connectivity index (χ0v) is 15.9. The molecule has 1 saturated heterocycles. The number of hydrogen-bond donors (Lipinski definition) is 3. The molecule has 0 aliphatic carbocycles. The van der Waals surface area contributed by atoms with E-state index in [1.54, 1.807) is 25.4 Å². The summed E-state index contributed by atoms with van der Waals surface area (Å²) >= 11 is 0. The first-order valence-electron chi connectivity index (χ1n) is 8.99. The summed E-state index contributed by atoms with van der Waals surface area (Å²) in [5.74, 6) is 5.89. The van der Waals surface area contributed by atoms with Crippen LogP contribution in [0.4, 0.5) is 4.79 Å². The Morgan fingerprint density at radius 3 is 2.72 bits per heavy atom. The normalized spacial score (nSPS) is 18.1. The van der Waals surface area contributed by atoms with E-state index < -0.39 is 17.5 Å². The standard InChI is InChI=1S/C22H19N3O4/c1-14-4-3-5-15(10-14)8-9-22(20(27)23-21(28)24-22)13-25-12-16-6-7-17(29-2)11-18(16)19(25)26/h3-7,10-12,26H,13H2,1-2H3,(H2,23,24,27,28)/t22-/m1/s1. The molecule has 1 aliphatic heterocycles. The molecular formula is C22H19N3O4. The summed E-state index contributed by atoms with van der Waals surface area (Å²) in [7, 11) is 1.55. The molecule has 0 unspecified atom stereocenters. The molecule has 2 aromatic carbocycles. The number of carbonyl (C=O) groups is 2. The molecule has 3 aromatic rings. The number of aryl methyl sites for hydroxylation is 1. The average Bonchev–Trinajstić information content (AvgIpc) is 3.15. The third-order valence-corrected chi connectivity index (χ3v) is 4.86. The molecule has 1 aromatic heterocycles. The third kappa shape index (κ3) is 3.36. The fourth-order valence-electron chi connectivity index (χ4n) is 3.36. The van der Waals surface area contributed by atoms with E-state index in [9.17, 15) is 14.7 Å². The molecular weight excluding hydrogens is 370 g/mol. The number of aromatic hydroxyl groups is 1. The van der Waals surface area contributed by atoms with E-state index in [1.165, 1.54) is 4.57 Å². The number of hydrogen-bond acceptors (Lipinski definition) is 4. The van der Waals surface area contributed by atoms with Gasteiger partial charge in [-0.25, -0.2) is 4.79 Å². The van der Waals surface area contributed by atoms with Crippen molar-refractivity contribution in [2.75, 3.05) is 7.11 Å². The maximum Gasteiger partial charge on any atom is 0.323 e. The number of nitrogens with zero attached hydrogens (tertiary/aromatic N) is 1. The summed E-state index contributed by atoms with van der Waals surface area (Å²) in [4.78, 5) is 24.5. The minimum Gasteiger partial charge on any atom is -0.497 e. The van der Waals surface area contributed by atoms with E-state index in [0.29, 0.717) is 11.1 Å². The fraction of sp³-hybridized carbons (Fsp3) is 0.182. The number of urea groups is 1. The topological polar surface area (TPSA) is 92.6 Å². The number of amides is 3. The SMILES string of the molecule is COc1ccc2cn(C[C@@]3(C#Cc4cccc(C)c4)NC(=O)NC3=O)c(O)c2c1. The lowest BCUT2D eigenvalue weighted by molar-refractivity contribution is -0.122. The van der Waals surface area contributed by atoms with Crippen molar-refractivity contribution in [2.45, 2.75) is 19.0 Å². The first kappa shape index (κ1) is 18.4. The van der Waals surface area contributed by atoms with Crippen LogP contribution in [0, 0.1) is 18.8 Å². The predicted molar refractivity (Wildman–Crippen MR) is 108 cm³/mol. The van der Waals surface area contributed by atoms with E-state index in [0.717, 1.165) is 16.5 Å². The molecule has 0 bridgehead atoms. The minimum absolute atomic E-state index is 0.0374. The summed E-state index contributed by atoms with van der Waals surface area (Å²) in [6.07, 6.45) is 1.71. The van der Waals surface area contributed by atoms with E-state index in [-0.39, 0.29) is 12.4 Å². The third-order valence-electron chi connectivity index (χ3n) is 4.86. The fourth-order valence-corrected chi connectivity index (χ4v) is 3.36. The van der Waals surface area contributed by atoms with Gasteiger partial charge in [-0.15, -0.1) is 0 Å². The number of ether oxygens (including phenoxy) is 1. The maximum atomic E-state index is 12.6. The molecule has 1 fully saturated rings. The Hall–Kier alpha value is -3.92. The van der Waals surface area contributed by atoms with Crippen molar-refractivity contribution in [1.29, 1.82) is 0 Å². The largest absolute Gasteiger partial charge is 0.497 e. The zero-order chi connectivity index (χ0) is 20.6. The number of rotatable bonds is 3. The molecule has 2 heterocycles. The quantitative estimate of drug-likeness (QED) is 0.473. The molecule has 29 heavy (non-hydrogen) atoms. The summed E-state index contributed by atoms with van der Waals surface area (Å²) in [6.45, 7) is 1.90. The number of aromatic nitrogens is 1. The molecule has 0 saturated carbocycles. The number of methoxy groups -OCH3 is 1. The summed E-state index contributed by atoms with van der Waals surface area (Å²) in [6, 6.07) is 12.2. The van der Waals surface area contributed by atoms with Crippen molar-refractivity contribution in [1.82, 2.24) is 15.2 Å². The van der Waals surface area contributed by atoms with Crippen LogP contribution in [0.25, 0.3) is 10.8 Å². The van der Waals surface area contributed by atoms with Gasteiger partial charge in [0.15, 0.2) is 5.88 Å². The van der Waals surface area contributed by atoms with E-state index in [2.05, 4.69) is 22.5 Å². The molecule has 4 rings (SSSR count). The Bertz CT molecular complexity index is 1200. The van der Waals surface area contributed by atoms with Crippen LogP contribution < -0.4 is 15.4 Å². The van der Waals surface area contributed by atoms with Crippen LogP contribution >= 0.6 is 0 Å². The van der Waals surface area contributed by atoms with Gasteiger partial charge in [0.2, 0.25) is 5.54 Å². The molecule has 146 valence electrons. The van der Waals surface area contributed by atoms with Crippen LogP contribution in [0.3, 0.4) is 0 Å². The average molecular weight is 389 g/mol. The Morgan fingerprint density at radius 1 is 1.21 bits per heavy atom. The van der Waals surface area contributed by atoms with E-state index >= 15 is 0 Å². The smallest absolute Gasteiger partial charge is 0.323 e. The van der Waals surface area contributed by atoms with Gasteiger partial charge >= 0.3 is 6.03 Å². The Kier molecular flexibility index (Phi) is 4.40. The van der Waals surface area contributed by atoms with Crippen molar-refractivity contribution in [3.05, 3.63) is 59.8 Å². The molecule has 0 radical (unpaired) electrons. The van der Waals surface area contributed by atoms with E-state index in [4.69, 9.17) is 4.74 Å². The van der Waals surface area contributed by atoms with Crippen molar-refractivity contribution < 1.29 is 19.4 Å². The van der Waals surface area contributed by atoms with Gasteiger partial charge < -0.3 is 19.7 Å². The molecule has 7 heteroatoms. The van der Waals surface area contributed by atoms with Gasteiger partial charge in [0, 0.05) is 22.5 Å². The number of benzene rings is 2. The molecule has 1 aliphatic rings. The van der Waals surface area contributed by atoms with Crippen LogP contribution in [0.2, 0.25) is 0 Å². The van der Waals surface area contributed by atoms with Crippen molar-refractivity contribution in [3.8, 4) is 23.5 Å². The number of nitrogens with one attached hydrogen (secondary N) is 2. The van der Waals surface area contributed by atoms with Gasteiger partial charge in [-0.2, -0.15) is 0 Å². The van der Waals surface area contributed by atoms with Crippen molar-refractivity contribution in [3.63, 3.8) is 0 Å². The van der Waals surface area contributed by atoms with Crippen molar-refractivity contribution >= 4 is 22.7 Å². The van der Waals surface area contributed by atoms with Crippen LogP contribution in [0.1, 0.15) is 11.1 Å². The van der Waals surface area contributed by atoms with Gasteiger partial charge in [-0.3, -0.25) is 10.1 Å². The Labute approximate surface area is 167 Å². The highest BCUT2D eigenvalue weighted by molar-refractivity contribution is 6.09. The number of imide groups is 1. The Morgan fingerprint density at radius 2 is 2.03 bits per heavy atom.